The van der Waals surface area contributed by atoms with Crippen molar-refractivity contribution in [2.75, 3.05) is 6.61 Å². The Labute approximate surface area is 117 Å². The van der Waals surface area contributed by atoms with Crippen LogP contribution in [0.2, 0.25) is 0 Å². The van der Waals surface area contributed by atoms with Gasteiger partial charge in [0.25, 0.3) is 0 Å². The molecule has 0 heterocycles. The van der Waals surface area contributed by atoms with Gasteiger partial charge in [0, 0.05) is 19.2 Å². The third-order valence-corrected chi connectivity index (χ3v) is 4.30. The summed E-state index contributed by atoms with van der Waals surface area (Å²) in [4.78, 5) is 0. The van der Waals surface area contributed by atoms with E-state index in [9.17, 15) is 0 Å². The third-order valence-electron chi connectivity index (χ3n) is 4.30. The maximum atomic E-state index is 5.54. The zero-order chi connectivity index (χ0) is 13.5. The molecular formula is C17H27NO. The first-order valence-electron chi connectivity index (χ1n) is 7.69. The Hall–Kier alpha value is -0.860. The predicted octanol–water partition coefficient (Wildman–Crippen LogP) is 3.89. The van der Waals surface area contributed by atoms with Crippen molar-refractivity contribution in [2.45, 2.75) is 58.7 Å². The highest BCUT2D eigenvalue weighted by Gasteiger charge is 2.20. The quantitative estimate of drug-likeness (QED) is 0.804. The molecule has 0 aliphatic heterocycles. The molecule has 1 aliphatic rings. The highest BCUT2D eigenvalue weighted by molar-refractivity contribution is 5.26. The second-order valence-corrected chi connectivity index (χ2v) is 5.62. The molecule has 0 aromatic heterocycles. The first-order chi connectivity index (χ1) is 9.31. The van der Waals surface area contributed by atoms with Gasteiger partial charge < -0.3 is 10.1 Å². The summed E-state index contributed by atoms with van der Waals surface area (Å²) in [5.74, 6) is 0.874. The molecule has 1 unspecified atom stereocenters. The maximum Gasteiger partial charge on any atom is 0.0719 e. The molecule has 1 saturated carbocycles. The summed E-state index contributed by atoms with van der Waals surface area (Å²) in [7, 11) is 0. The van der Waals surface area contributed by atoms with Crippen LogP contribution in [0.25, 0.3) is 0 Å². The van der Waals surface area contributed by atoms with E-state index in [1.165, 1.54) is 36.8 Å². The lowest BCUT2D eigenvalue weighted by atomic mass is 9.99. The molecule has 0 amide bonds. The second kappa shape index (κ2) is 7.66. The molecule has 0 spiro atoms. The van der Waals surface area contributed by atoms with Gasteiger partial charge in [-0.25, -0.2) is 0 Å². The van der Waals surface area contributed by atoms with Gasteiger partial charge in [-0.05, 0) is 43.7 Å². The van der Waals surface area contributed by atoms with E-state index in [-0.39, 0.29) is 0 Å². The second-order valence-electron chi connectivity index (χ2n) is 5.62. The number of ether oxygens (including phenoxy) is 1. The number of nitrogens with one attached hydrogen (secondary N) is 1. The van der Waals surface area contributed by atoms with Crippen molar-refractivity contribution in [3.63, 3.8) is 0 Å². The number of hydrogen-bond donors (Lipinski definition) is 1. The Balaban J connectivity index is 1.87. The van der Waals surface area contributed by atoms with Gasteiger partial charge in [-0.1, -0.05) is 37.1 Å². The highest BCUT2D eigenvalue weighted by Crippen LogP contribution is 2.27. The Morgan fingerprint density at radius 2 is 1.89 bits per heavy atom. The zero-order valence-corrected chi connectivity index (χ0v) is 12.3. The monoisotopic (exact) mass is 261 g/mol. The molecule has 1 aromatic rings. The largest absolute Gasteiger partial charge is 0.377 e. The molecule has 19 heavy (non-hydrogen) atoms. The summed E-state index contributed by atoms with van der Waals surface area (Å²) in [5.41, 5.74) is 2.69. The fraction of sp³-hybridized carbons (Fsp3) is 0.647. The standard InChI is InChI=1S/C17H27NO/c1-3-19-13-17-11-7-6-10-16(17)12-18-14(2)15-8-4-5-9-15/h6-7,10-11,14-15,18H,3-5,8-9,12-13H2,1-2H3. The summed E-state index contributed by atoms with van der Waals surface area (Å²) in [5, 5.41) is 3.70. The summed E-state index contributed by atoms with van der Waals surface area (Å²) in [6.07, 6.45) is 5.62. The van der Waals surface area contributed by atoms with E-state index in [0.29, 0.717) is 6.04 Å². The Bertz CT molecular complexity index is 371. The Morgan fingerprint density at radius 3 is 2.58 bits per heavy atom. The minimum atomic E-state index is 0.627. The molecular weight excluding hydrogens is 234 g/mol. The molecule has 2 rings (SSSR count). The molecule has 0 bridgehead atoms. The Morgan fingerprint density at radius 1 is 1.21 bits per heavy atom. The molecule has 2 nitrogen and oxygen atoms in total. The molecule has 1 aromatic carbocycles. The van der Waals surface area contributed by atoms with Crippen LogP contribution >= 0.6 is 0 Å². The number of benzene rings is 1. The fourth-order valence-electron chi connectivity index (χ4n) is 2.98. The predicted molar refractivity (Wildman–Crippen MR) is 80.0 cm³/mol. The molecule has 0 saturated heterocycles. The van der Waals surface area contributed by atoms with Gasteiger partial charge in [0.05, 0.1) is 6.61 Å². The lowest BCUT2D eigenvalue weighted by molar-refractivity contribution is 0.133. The highest BCUT2D eigenvalue weighted by atomic mass is 16.5. The van der Waals surface area contributed by atoms with Crippen LogP contribution in [-0.4, -0.2) is 12.6 Å². The Kier molecular flexibility index (Phi) is 5.87. The summed E-state index contributed by atoms with van der Waals surface area (Å²) in [6, 6.07) is 9.23. The normalized spacial score (nSPS) is 17.8. The van der Waals surface area contributed by atoms with E-state index in [1.807, 2.05) is 6.92 Å². The van der Waals surface area contributed by atoms with Crippen LogP contribution in [0.4, 0.5) is 0 Å². The number of rotatable bonds is 7. The van der Waals surface area contributed by atoms with Crippen LogP contribution in [0.3, 0.4) is 0 Å². The topological polar surface area (TPSA) is 21.3 Å². The van der Waals surface area contributed by atoms with Crippen molar-refractivity contribution in [3.05, 3.63) is 35.4 Å². The smallest absolute Gasteiger partial charge is 0.0719 e. The zero-order valence-electron chi connectivity index (χ0n) is 12.3. The van der Waals surface area contributed by atoms with Gasteiger partial charge in [0.1, 0.15) is 0 Å². The minimum absolute atomic E-state index is 0.627. The van der Waals surface area contributed by atoms with Crippen LogP contribution in [0.15, 0.2) is 24.3 Å². The van der Waals surface area contributed by atoms with Crippen molar-refractivity contribution in [2.24, 2.45) is 5.92 Å². The average Bonchev–Trinajstić information content (AvgIpc) is 2.97. The van der Waals surface area contributed by atoms with E-state index >= 15 is 0 Å². The third kappa shape index (κ3) is 4.32. The number of hydrogen-bond acceptors (Lipinski definition) is 2. The molecule has 1 aliphatic carbocycles. The SMILES string of the molecule is CCOCc1ccccc1CNC(C)C1CCCC1. The molecule has 0 radical (unpaired) electrons. The molecule has 106 valence electrons. The van der Waals surface area contributed by atoms with E-state index < -0.39 is 0 Å². The van der Waals surface area contributed by atoms with Crippen molar-refractivity contribution in [1.82, 2.24) is 5.32 Å². The van der Waals surface area contributed by atoms with Gasteiger partial charge in [0.15, 0.2) is 0 Å². The molecule has 2 heteroatoms. The van der Waals surface area contributed by atoms with E-state index in [4.69, 9.17) is 4.74 Å². The lowest BCUT2D eigenvalue weighted by Crippen LogP contribution is -2.32. The minimum Gasteiger partial charge on any atom is -0.377 e. The first kappa shape index (κ1) is 14.5. The van der Waals surface area contributed by atoms with E-state index in [0.717, 1.165) is 25.7 Å². The van der Waals surface area contributed by atoms with Crippen LogP contribution < -0.4 is 5.32 Å². The molecule has 1 fully saturated rings. The van der Waals surface area contributed by atoms with Gasteiger partial charge in [-0.15, -0.1) is 0 Å². The molecule has 1 atom stereocenters. The van der Waals surface area contributed by atoms with Crippen LogP contribution in [0, 0.1) is 5.92 Å². The van der Waals surface area contributed by atoms with Gasteiger partial charge in [-0.2, -0.15) is 0 Å². The van der Waals surface area contributed by atoms with Gasteiger partial charge in [-0.3, -0.25) is 0 Å². The van der Waals surface area contributed by atoms with Crippen LogP contribution in [-0.2, 0) is 17.9 Å². The van der Waals surface area contributed by atoms with Crippen LogP contribution in [0.5, 0.6) is 0 Å². The maximum absolute atomic E-state index is 5.54. The van der Waals surface area contributed by atoms with Gasteiger partial charge in [0.2, 0.25) is 0 Å². The lowest BCUT2D eigenvalue weighted by Gasteiger charge is -2.21. The van der Waals surface area contributed by atoms with Crippen molar-refractivity contribution in [1.29, 1.82) is 0 Å². The summed E-state index contributed by atoms with van der Waals surface area (Å²) < 4.78 is 5.54. The van der Waals surface area contributed by atoms with Crippen molar-refractivity contribution < 1.29 is 4.74 Å². The van der Waals surface area contributed by atoms with Crippen LogP contribution in [0.1, 0.15) is 50.7 Å². The van der Waals surface area contributed by atoms with E-state index in [2.05, 4.69) is 36.5 Å². The van der Waals surface area contributed by atoms with Gasteiger partial charge >= 0.3 is 0 Å². The summed E-state index contributed by atoms with van der Waals surface area (Å²) >= 11 is 0. The average molecular weight is 261 g/mol. The summed E-state index contributed by atoms with van der Waals surface area (Å²) in [6.45, 7) is 6.84. The van der Waals surface area contributed by atoms with E-state index in [1.54, 1.807) is 0 Å². The first-order valence-corrected chi connectivity index (χ1v) is 7.69. The van der Waals surface area contributed by atoms with Crippen molar-refractivity contribution in [3.8, 4) is 0 Å². The molecule has 1 N–H and O–H groups in total. The fourth-order valence-corrected chi connectivity index (χ4v) is 2.98. The van der Waals surface area contributed by atoms with Crippen molar-refractivity contribution >= 4 is 0 Å².